The molecule has 17 heavy (non-hydrogen) atoms. The summed E-state index contributed by atoms with van der Waals surface area (Å²) in [6.45, 7) is 4.01. The highest BCUT2D eigenvalue weighted by Crippen LogP contribution is 2.35. The molecule has 0 aromatic carbocycles. The highest BCUT2D eigenvalue weighted by molar-refractivity contribution is 5.80. The maximum absolute atomic E-state index is 11.9. The van der Waals surface area contributed by atoms with Crippen molar-refractivity contribution >= 4 is 11.9 Å². The van der Waals surface area contributed by atoms with Gasteiger partial charge in [0.05, 0.1) is 12.0 Å². The molecule has 1 fully saturated rings. The summed E-state index contributed by atoms with van der Waals surface area (Å²) < 4.78 is 0. The van der Waals surface area contributed by atoms with E-state index in [9.17, 15) is 9.59 Å². The molecule has 0 aromatic rings. The summed E-state index contributed by atoms with van der Waals surface area (Å²) in [6, 6.07) is 0. The summed E-state index contributed by atoms with van der Waals surface area (Å²) in [4.78, 5) is 22.7. The first kappa shape index (κ1) is 14.0. The average molecular weight is 241 g/mol. The van der Waals surface area contributed by atoms with E-state index in [-0.39, 0.29) is 18.2 Å². The molecule has 1 amide bonds. The molecule has 0 aromatic heterocycles. The molecule has 2 N–H and O–H groups in total. The number of unbranched alkanes of at least 4 members (excludes halogenated alkanes) is 1. The van der Waals surface area contributed by atoms with Gasteiger partial charge < -0.3 is 10.4 Å². The predicted octanol–water partition coefficient (Wildman–Crippen LogP) is 2.33. The Bertz CT molecular complexity index is 284. The maximum Gasteiger partial charge on any atom is 0.305 e. The molecule has 0 spiro atoms. The third-order valence-electron chi connectivity index (χ3n) is 3.63. The third kappa shape index (κ3) is 4.02. The van der Waals surface area contributed by atoms with E-state index in [2.05, 4.69) is 12.2 Å². The minimum absolute atomic E-state index is 0.0128. The third-order valence-corrected chi connectivity index (χ3v) is 3.63. The van der Waals surface area contributed by atoms with E-state index in [1.54, 1.807) is 0 Å². The van der Waals surface area contributed by atoms with Crippen molar-refractivity contribution in [2.45, 2.75) is 64.3 Å². The standard InChI is InChI=1S/C13H23NO3/c1-3-4-6-10(2)12(17)14-13(7-5-8-13)9-11(15)16/h10H,3-9H2,1-2H3,(H,14,17)(H,15,16). The Balaban J connectivity index is 2.45. The fourth-order valence-electron chi connectivity index (χ4n) is 2.26. The molecule has 4 heteroatoms. The molecule has 1 aliphatic rings. The first-order valence-electron chi connectivity index (χ1n) is 6.53. The molecular formula is C13H23NO3. The average Bonchev–Trinajstić information content (AvgIpc) is 2.21. The van der Waals surface area contributed by atoms with Crippen molar-refractivity contribution in [2.75, 3.05) is 0 Å². The molecule has 4 nitrogen and oxygen atoms in total. The van der Waals surface area contributed by atoms with E-state index in [1.807, 2.05) is 6.92 Å². The number of carbonyl (C=O) groups excluding carboxylic acids is 1. The molecule has 1 atom stereocenters. The van der Waals surface area contributed by atoms with Crippen molar-refractivity contribution in [2.24, 2.45) is 5.92 Å². The topological polar surface area (TPSA) is 66.4 Å². The molecule has 0 aliphatic heterocycles. The van der Waals surface area contributed by atoms with Crippen molar-refractivity contribution in [3.63, 3.8) is 0 Å². The van der Waals surface area contributed by atoms with Gasteiger partial charge in [-0.15, -0.1) is 0 Å². The van der Waals surface area contributed by atoms with Crippen LogP contribution in [0.5, 0.6) is 0 Å². The van der Waals surface area contributed by atoms with Crippen molar-refractivity contribution in [3.05, 3.63) is 0 Å². The molecule has 1 unspecified atom stereocenters. The van der Waals surface area contributed by atoms with Crippen LogP contribution in [0, 0.1) is 5.92 Å². The van der Waals surface area contributed by atoms with Gasteiger partial charge in [0.15, 0.2) is 0 Å². The van der Waals surface area contributed by atoms with E-state index in [0.29, 0.717) is 0 Å². The van der Waals surface area contributed by atoms with Crippen LogP contribution in [-0.2, 0) is 9.59 Å². The maximum atomic E-state index is 11.9. The molecule has 0 heterocycles. The zero-order valence-electron chi connectivity index (χ0n) is 10.8. The SMILES string of the molecule is CCCCC(C)C(=O)NC1(CC(=O)O)CCC1. The Morgan fingerprint density at radius 1 is 1.41 bits per heavy atom. The minimum Gasteiger partial charge on any atom is -0.481 e. The van der Waals surface area contributed by atoms with Crippen LogP contribution in [0.3, 0.4) is 0 Å². The second kappa shape index (κ2) is 6.03. The lowest BCUT2D eigenvalue weighted by Crippen LogP contribution is -2.55. The molecule has 1 aliphatic carbocycles. The Labute approximate surface area is 103 Å². The number of amides is 1. The van der Waals surface area contributed by atoms with Crippen LogP contribution in [0.25, 0.3) is 0 Å². The van der Waals surface area contributed by atoms with Gasteiger partial charge in [0.25, 0.3) is 0 Å². The molecule has 0 bridgehead atoms. The Morgan fingerprint density at radius 3 is 2.47 bits per heavy atom. The van der Waals surface area contributed by atoms with Gasteiger partial charge in [0.1, 0.15) is 0 Å². The summed E-state index contributed by atoms with van der Waals surface area (Å²) in [5.74, 6) is -0.827. The van der Waals surface area contributed by atoms with Gasteiger partial charge in [-0.25, -0.2) is 0 Å². The van der Waals surface area contributed by atoms with Crippen LogP contribution in [-0.4, -0.2) is 22.5 Å². The lowest BCUT2D eigenvalue weighted by molar-refractivity contribution is -0.140. The number of hydrogen-bond donors (Lipinski definition) is 2. The van der Waals surface area contributed by atoms with Gasteiger partial charge in [-0.05, 0) is 25.7 Å². The molecule has 0 radical (unpaired) electrons. The van der Waals surface area contributed by atoms with Crippen LogP contribution >= 0.6 is 0 Å². The van der Waals surface area contributed by atoms with E-state index in [0.717, 1.165) is 38.5 Å². The van der Waals surface area contributed by atoms with Crippen LogP contribution in [0.1, 0.15) is 58.8 Å². The Kier molecular flexibility index (Phi) is 4.97. The van der Waals surface area contributed by atoms with Gasteiger partial charge in [-0.1, -0.05) is 26.7 Å². The monoisotopic (exact) mass is 241 g/mol. The predicted molar refractivity (Wildman–Crippen MR) is 65.7 cm³/mol. The van der Waals surface area contributed by atoms with Crippen LogP contribution in [0.15, 0.2) is 0 Å². The summed E-state index contributed by atoms with van der Waals surface area (Å²) in [5.41, 5.74) is -0.455. The molecule has 98 valence electrons. The van der Waals surface area contributed by atoms with Crippen molar-refractivity contribution in [1.29, 1.82) is 0 Å². The smallest absolute Gasteiger partial charge is 0.305 e. The van der Waals surface area contributed by atoms with Crippen molar-refractivity contribution in [3.8, 4) is 0 Å². The number of nitrogens with one attached hydrogen (secondary N) is 1. The lowest BCUT2D eigenvalue weighted by Gasteiger charge is -2.42. The number of carboxylic acids is 1. The van der Waals surface area contributed by atoms with Gasteiger partial charge in [0, 0.05) is 5.92 Å². The first-order valence-corrected chi connectivity index (χ1v) is 6.53. The fraction of sp³-hybridized carbons (Fsp3) is 0.846. The summed E-state index contributed by atoms with van der Waals surface area (Å²) in [7, 11) is 0. The highest BCUT2D eigenvalue weighted by Gasteiger charge is 2.40. The van der Waals surface area contributed by atoms with Crippen LogP contribution < -0.4 is 5.32 Å². The molecular weight excluding hydrogens is 218 g/mol. The fourth-order valence-corrected chi connectivity index (χ4v) is 2.26. The van der Waals surface area contributed by atoms with E-state index in [4.69, 9.17) is 5.11 Å². The van der Waals surface area contributed by atoms with Crippen molar-refractivity contribution in [1.82, 2.24) is 5.32 Å². The largest absolute Gasteiger partial charge is 0.481 e. The van der Waals surface area contributed by atoms with Gasteiger partial charge in [-0.2, -0.15) is 0 Å². The Morgan fingerprint density at radius 2 is 2.06 bits per heavy atom. The quantitative estimate of drug-likeness (QED) is 0.719. The number of aliphatic carboxylic acids is 1. The zero-order valence-corrected chi connectivity index (χ0v) is 10.8. The summed E-state index contributed by atoms with van der Waals surface area (Å²) in [6.07, 6.45) is 5.66. The van der Waals surface area contributed by atoms with Gasteiger partial charge >= 0.3 is 5.97 Å². The first-order chi connectivity index (χ1) is 7.99. The summed E-state index contributed by atoms with van der Waals surface area (Å²) in [5, 5.41) is 11.8. The number of carbonyl (C=O) groups is 2. The number of hydrogen-bond acceptors (Lipinski definition) is 2. The number of carboxylic acid groups (broad SMARTS) is 1. The molecule has 1 saturated carbocycles. The van der Waals surface area contributed by atoms with Crippen LogP contribution in [0.2, 0.25) is 0 Å². The lowest BCUT2D eigenvalue weighted by atomic mass is 9.74. The zero-order chi connectivity index (χ0) is 12.9. The number of rotatable bonds is 7. The Hall–Kier alpha value is -1.06. The highest BCUT2D eigenvalue weighted by atomic mass is 16.4. The van der Waals surface area contributed by atoms with Gasteiger partial charge in [-0.3, -0.25) is 9.59 Å². The summed E-state index contributed by atoms with van der Waals surface area (Å²) >= 11 is 0. The van der Waals surface area contributed by atoms with E-state index >= 15 is 0 Å². The molecule has 1 rings (SSSR count). The van der Waals surface area contributed by atoms with Crippen LogP contribution in [0.4, 0.5) is 0 Å². The van der Waals surface area contributed by atoms with E-state index in [1.165, 1.54) is 0 Å². The van der Waals surface area contributed by atoms with Crippen molar-refractivity contribution < 1.29 is 14.7 Å². The second-order valence-electron chi connectivity index (χ2n) is 5.24. The van der Waals surface area contributed by atoms with E-state index < -0.39 is 11.5 Å². The minimum atomic E-state index is -0.828. The molecule has 0 saturated heterocycles. The normalized spacial score (nSPS) is 19.2. The van der Waals surface area contributed by atoms with Gasteiger partial charge in [0.2, 0.25) is 5.91 Å². The second-order valence-corrected chi connectivity index (χ2v) is 5.24.